The molecular weight excluding hydrogens is 290 g/mol. The van der Waals surface area contributed by atoms with E-state index in [1.54, 1.807) is 24.7 Å². The van der Waals surface area contributed by atoms with Gasteiger partial charge in [0.15, 0.2) is 5.03 Å². The van der Waals surface area contributed by atoms with Gasteiger partial charge in [0.1, 0.15) is 0 Å². The van der Waals surface area contributed by atoms with E-state index in [1.165, 1.54) is 0 Å². The maximum Gasteiger partial charge on any atom is 0.258 e. The van der Waals surface area contributed by atoms with Crippen molar-refractivity contribution < 1.29 is 8.42 Å². The van der Waals surface area contributed by atoms with Gasteiger partial charge in [0.05, 0.1) is 6.20 Å². The van der Waals surface area contributed by atoms with Crippen molar-refractivity contribution >= 4 is 10.0 Å². The number of hydrogen-bond donors (Lipinski definition) is 3. The third-order valence-corrected chi connectivity index (χ3v) is 4.71. The Morgan fingerprint density at radius 1 is 1.29 bits per heavy atom. The second-order valence-corrected chi connectivity index (χ2v) is 6.77. The van der Waals surface area contributed by atoms with E-state index in [4.69, 9.17) is 0 Å². The Hall–Kier alpha value is -1.77. The molecule has 1 fully saturated rings. The number of rotatable bonds is 7. The molecule has 21 heavy (non-hydrogen) atoms. The van der Waals surface area contributed by atoms with E-state index in [9.17, 15) is 8.42 Å². The van der Waals surface area contributed by atoms with Crippen LogP contribution in [0.4, 0.5) is 0 Å². The molecule has 0 bridgehead atoms. The van der Waals surface area contributed by atoms with Gasteiger partial charge >= 0.3 is 0 Å². The first-order valence-corrected chi connectivity index (χ1v) is 8.28. The average molecular weight is 307 g/mol. The predicted octanol–water partition coefficient (Wildman–Crippen LogP) is 0.535. The maximum absolute atomic E-state index is 12.3. The fourth-order valence-corrected chi connectivity index (χ4v) is 3.10. The molecule has 0 amide bonds. The van der Waals surface area contributed by atoms with E-state index >= 15 is 0 Å². The van der Waals surface area contributed by atoms with Crippen LogP contribution in [0, 0.1) is 0 Å². The zero-order valence-electron chi connectivity index (χ0n) is 11.4. The van der Waals surface area contributed by atoms with Crippen LogP contribution in [0.2, 0.25) is 0 Å². The molecule has 0 unspecified atom stereocenters. The molecule has 1 saturated carbocycles. The van der Waals surface area contributed by atoms with Crippen molar-refractivity contribution in [2.75, 3.05) is 0 Å². The zero-order chi connectivity index (χ0) is 14.7. The van der Waals surface area contributed by atoms with Crippen molar-refractivity contribution in [2.45, 2.75) is 37.0 Å². The highest BCUT2D eigenvalue weighted by molar-refractivity contribution is 7.89. The Morgan fingerprint density at radius 2 is 2.14 bits per heavy atom. The third-order valence-electron chi connectivity index (χ3n) is 3.29. The molecule has 7 nitrogen and oxygen atoms in total. The molecule has 2 heterocycles. The van der Waals surface area contributed by atoms with Crippen LogP contribution in [-0.4, -0.2) is 29.6 Å². The summed E-state index contributed by atoms with van der Waals surface area (Å²) < 4.78 is 27.2. The monoisotopic (exact) mass is 307 g/mol. The molecule has 2 aromatic heterocycles. The molecule has 0 saturated heterocycles. The van der Waals surface area contributed by atoms with Gasteiger partial charge in [0.25, 0.3) is 10.0 Å². The lowest BCUT2D eigenvalue weighted by atomic mass is 10.3. The van der Waals surface area contributed by atoms with Crippen LogP contribution in [0.1, 0.15) is 24.0 Å². The van der Waals surface area contributed by atoms with Crippen LogP contribution >= 0.6 is 0 Å². The number of nitrogens with one attached hydrogen (secondary N) is 3. The molecule has 3 N–H and O–H groups in total. The summed E-state index contributed by atoms with van der Waals surface area (Å²) in [4.78, 5) is 3.96. The quantitative estimate of drug-likeness (QED) is 0.693. The molecule has 0 aliphatic heterocycles. The zero-order valence-corrected chi connectivity index (χ0v) is 12.2. The van der Waals surface area contributed by atoms with Crippen molar-refractivity contribution in [3.8, 4) is 0 Å². The highest BCUT2D eigenvalue weighted by Gasteiger charge is 2.24. The number of H-pyrrole nitrogens is 1. The summed E-state index contributed by atoms with van der Waals surface area (Å²) in [5.41, 5.74) is 1.46. The predicted molar refractivity (Wildman–Crippen MR) is 76.7 cm³/mol. The van der Waals surface area contributed by atoms with Crippen molar-refractivity contribution in [3.05, 3.63) is 41.9 Å². The first-order chi connectivity index (χ1) is 10.1. The highest BCUT2D eigenvalue weighted by Crippen LogP contribution is 2.20. The van der Waals surface area contributed by atoms with Gasteiger partial charge < -0.3 is 5.32 Å². The number of nitrogens with zero attached hydrogens (tertiary/aromatic N) is 2. The summed E-state index contributed by atoms with van der Waals surface area (Å²) in [5.74, 6) is 0. The van der Waals surface area contributed by atoms with E-state index in [2.05, 4.69) is 25.2 Å². The lowest BCUT2D eigenvalue weighted by Crippen LogP contribution is -2.26. The third kappa shape index (κ3) is 3.66. The van der Waals surface area contributed by atoms with Gasteiger partial charge in [-0.05, 0) is 24.5 Å². The van der Waals surface area contributed by atoms with Gasteiger partial charge in [-0.2, -0.15) is 5.10 Å². The molecule has 0 aromatic carbocycles. The molecule has 112 valence electrons. The van der Waals surface area contributed by atoms with E-state index in [0.717, 1.165) is 18.4 Å². The van der Waals surface area contributed by atoms with Gasteiger partial charge in [0, 0.05) is 37.1 Å². The Labute approximate surface area is 123 Å². The van der Waals surface area contributed by atoms with Gasteiger partial charge in [0.2, 0.25) is 0 Å². The van der Waals surface area contributed by atoms with Crippen LogP contribution in [0.3, 0.4) is 0 Å². The van der Waals surface area contributed by atoms with Gasteiger partial charge in [-0.25, -0.2) is 13.1 Å². The Morgan fingerprint density at radius 3 is 2.86 bits per heavy atom. The summed E-state index contributed by atoms with van der Waals surface area (Å²) >= 11 is 0. The summed E-state index contributed by atoms with van der Waals surface area (Å²) in [6, 6.07) is 4.10. The Balaban J connectivity index is 1.67. The first kappa shape index (κ1) is 14.2. The minimum Gasteiger partial charge on any atom is -0.310 e. The number of hydrogen-bond acceptors (Lipinski definition) is 5. The molecule has 0 spiro atoms. The van der Waals surface area contributed by atoms with Crippen LogP contribution < -0.4 is 10.0 Å². The number of aromatic nitrogens is 3. The van der Waals surface area contributed by atoms with Crippen molar-refractivity contribution in [1.82, 2.24) is 25.2 Å². The maximum atomic E-state index is 12.3. The Kier molecular flexibility index (Phi) is 4.00. The SMILES string of the molecule is O=S(=O)(NCc1cccnc1)c1[nH]ncc1CNC1CC1. The Bertz CT molecular complexity index is 694. The van der Waals surface area contributed by atoms with Crippen molar-refractivity contribution in [1.29, 1.82) is 0 Å². The smallest absolute Gasteiger partial charge is 0.258 e. The fraction of sp³-hybridized carbons (Fsp3) is 0.385. The lowest BCUT2D eigenvalue weighted by Gasteiger charge is -2.07. The van der Waals surface area contributed by atoms with E-state index in [-0.39, 0.29) is 11.6 Å². The minimum atomic E-state index is -3.61. The average Bonchev–Trinajstić information content (AvgIpc) is 3.20. The largest absolute Gasteiger partial charge is 0.310 e. The summed E-state index contributed by atoms with van der Waals surface area (Å²) in [7, 11) is -3.61. The number of sulfonamides is 1. The second-order valence-electron chi connectivity index (χ2n) is 5.07. The summed E-state index contributed by atoms with van der Waals surface area (Å²) in [5, 5.41) is 9.82. The fourth-order valence-electron chi connectivity index (χ4n) is 1.95. The van der Waals surface area contributed by atoms with Gasteiger partial charge in [-0.15, -0.1) is 0 Å². The standard InChI is InChI=1S/C13H17N5O2S/c19-21(20,17-7-10-2-1-5-14-6-10)13-11(9-16-18-13)8-15-12-3-4-12/h1-2,5-6,9,12,15,17H,3-4,7-8H2,(H,16,18). The summed E-state index contributed by atoms with van der Waals surface area (Å²) in [6.45, 7) is 0.703. The summed E-state index contributed by atoms with van der Waals surface area (Å²) in [6.07, 6.45) is 7.13. The number of pyridine rings is 1. The molecule has 3 rings (SSSR count). The molecule has 8 heteroatoms. The second kappa shape index (κ2) is 5.92. The molecule has 0 atom stereocenters. The van der Waals surface area contributed by atoms with Crippen LogP contribution in [0.15, 0.2) is 35.7 Å². The molecule has 2 aromatic rings. The molecule has 1 aliphatic rings. The van der Waals surface area contributed by atoms with Crippen LogP contribution in [0.25, 0.3) is 0 Å². The van der Waals surface area contributed by atoms with Crippen molar-refractivity contribution in [3.63, 3.8) is 0 Å². The van der Waals surface area contributed by atoms with Gasteiger partial charge in [-0.3, -0.25) is 10.1 Å². The van der Waals surface area contributed by atoms with Crippen LogP contribution in [0.5, 0.6) is 0 Å². The van der Waals surface area contributed by atoms with Crippen LogP contribution in [-0.2, 0) is 23.1 Å². The van der Waals surface area contributed by atoms with E-state index < -0.39 is 10.0 Å². The number of aromatic amines is 1. The lowest BCUT2D eigenvalue weighted by molar-refractivity contribution is 0.573. The van der Waals surface area contributed by atoms with Crippen molar-refractivity contribution in [2.24, 2.45) is 0 Å². The first-order valence-electron chi connectivity index (χ1n) is 6.79. The van der Waals surface area contributed by atoms with Gasteiger partial charge in [-0.1, -0.05) is 6.07 Å². The topological polar surface area (TPSA) is 99.8 Å². The van der Waals surface area contributed by atoms with E-state index in [0.29, 0.717) is 18.2 Å². The highest BCUT2D eigenvalue weighted by atomic mass is 32.2. The van der Waals surface area contributed by atoms with E-state index in [1.807, 2.05) is 6.07 Å². The normalized spacial score (nSPS) is 15.2. The molecule has 0 radical (unpaired) electrons. The minimum absolute atomic E-state index is 0.125. The molecular formula is C13H17N5O2S. The molecule has 1 aliphatic carbocycles.